The van der Waals surface area contributed by atoms with Gasteiger partial charge in [0.1, 0.15) is 5.75 Å². The molecular weight excluding hydrogens is 238 g/mol. The van der Waals surface area contributed by atoms with Crippen molar-refractivity contribution in [1.82, 2.24) is 5.32 Å². The third-order valence-electron chi connectivity index (χ3n) is 2.89. The molecule has 1 amide bonds. The first-order valence-electron chi connectivity index (χ1n) is 6.23. The maximum absolute atomic E-state index is 11.8. The van der Waals surface area contributed by atoms with Crippen LogP contribution in [-0.2, 0) is 17.8 Å². The Kier molecular flexibility index (Phi) is 4.18. The fourth-order valence-electron chi connectivity index (χ4n) is 1.82. The van der Waals surface area contributed by atoms with Gasteiger partial charge in [-0.1, -0.05) is 42.0 Å². The molecule has 2 N–H and O–H groups in total. The molecule has 3 nitrogen and oxygen atoms in total. The van der Waals surface area contributed by atoms with Crippen LogP contribution < -0.4 is 5.32 Å². The zero-order valence-electron chi connectivity index (χ0n) is 10.9. The summed E-state index contributed by atoms with van der Waals surface area (Å²) in [5, 5.41) is 12.2. The van der Waals surface area contributed by atoms with Crippen LogP contribution in [0.1, 0.15) is 16.7 Å². The molecule has 98 valence electrons. The summed E-state index contributed by atoms with van der Waals surface area (Å²) >= 11 is 0. The molecule has 2 aromatic carbocycles. The zero-order chi connectivity index (χ0) is 13.7. The minimum absolute atomic E-state index is 0.0211. The van der Waals surface area contributed by atoms with Crippen molar-refractivity contribution in [3.63, 3.8) is 0 Å². The van der Waals surface area contributed by atoms with Crippen molar-refractivity contribution in [1.29, 1.82) is 0 Å². The number of aromatic hydroxyl groups is 1. The van der Waals surface area contributed by atoms with Gasteiger partial charge in [-0.15, -0.1) is 0 Å². The van der Waals surface area contributed by atoms with Crippen LogP contribution in [-0.4, -0.2) is 11.0 Å². The first-order valence-corrected chi connectivity index (χ1v) is 6.23. The maximum atomic E-state index is 11.8. The van der Waals surface area contributed by atoms with Gasteiger partial charge in [0.25, 0.3) is 0 Å². The van der Waals surface area contributed by atoms with Gasteiger partial charge >= 0.3 is 0 Å². The second kappa shape index (κ2) is 6.05. The Morgan fingerprint density at radius 2 is 1.84 bits per heavy atom. The van der Waals surface area contributed by atoms with Crippen LogP contribution in [0.15, 0.2) is 48.5 Å². The molecular formula is C16H17NO2. The third-order valence-corrected chi connectivity index (χ3v) is 2.89. The van der Waals surface area contributed by atoms with E-state index >= 15 is 0 Å². The fraction of sp³-hybridized carbons (Fsp3) is 0.188. The third kappa shape index (κ3) is 4.14. The van der Waals surface area contributed by atoms with Crippen molar-refractivity contribution in [2.24, 2.45) is 0 Å². The highest BCUT2D eigenvalue weighted by Crippen LogP contribution is 2.10. The van der Waals surface area contributed by atoms with Crippen LogP contribution >= 0.6 is 0 Å². The van der Waals surface area contributed by atoms with Gasteiger partial charge in [0.15, 0.2) is 0 Å². The Bertz CT molecular complexity index is 561. The molecule has 0 spiro atoms. The highest BCUT2D eigenvalue weighted by Gasteiger charge is 2.03. The van der Waals surface area contributed by atoms with Crippen molar-refractivity contribution >= 4 is 5.91 Å². The standard InChI is InChI=1S/C16H17NO2/c1-12-5-7-13(8-6-12)10-16(19)17-11-14-3-2-4-15(18)9-14/h2-9,18H,10-11H2,1H3,(H,17,19). The summed E-state index contributed by atoms with van der Waals surface area (Å²) in [7, 11) is 0. The number of hydrogen-bond acceptors (Lipinski definition) is 2. The molecule has 0 saturated heterocycles. The number of rotatable bonds is 4. The maximum Gasteiger partial charge on any atom is 0.224 e. The van der Waals surface area contributed by atoms with E-state index in [2.05, 4.69) is 5.32 Å². The molecule has 0 unspecified atom stereocenters. The molecule has 0 fully saturated rings. The number of aryl methyl sites for hydroxylation is 1. The largest absolute Gasteiger partial charge is 0.508 e. The van der Waals surface area contributed by atoms with Crippen molar-refractivity contribution in [2.75, 3.05) is 0 Å². The Morgan fingerprint density at radius 1 is 1.11 bits per heavy atom. The van der Waals surface area contributed by atoms with E-state index in [0.29, 0.717) is 13.0 Å². The summed E-state index contributed by atoms with van der Waals surface area (Å²) in [6.07, 6.45) is 0.374. The van der Waals surface area contributed by atoms with Crippen molar-refractivity contribution < 1.29 is 9.90 Å². The van der Waals surface area contributed by atoms with Crippen molar-refractivity contribution in [2.45, 2.75) is 19.9 Å². The smallest absolute Gasteiger partial charge is 0.224 e. The van der Waals surface area contributed by atoms with E-state index in [9.17, 15) is 9.90 Å². The summed E-state index contributed by atoms with van der Waals surface area (Å²) in [6, 6.07) is 14.8. The Balaban J connectivity index is 1.86. The lowest BCUT2D eigenvalue weighted by Crippen LogP contribution is -2.24. The van der Waals surface area contributed by atoms with Crippen molar-refractivity contribution in [3.05, 3.63) is 65.2 Å². The molecule has 3 heteroatoms. The number of benzene rings is 2. The van der Waals surface area contributed by atoms with Crippen molar-refractivity contribution in [3.8, 4) is 5.75 Å². The molecule has 2 aromatic rings. The first-order chi connectivity index (χ1) is 9.13. The fourth-order valence-corrected chi connectivity index (χ4v) is 1.82. The molecule has 0 aliphatic heterocycles. The number of carbonyl (C=O) groups excluding carboxylic acids is 1. The number of amides is 1. The SMILES string of the molecule is Cc1ccc(CC(=O)NCc2cccc(O)c2)cc1. The number of nitrogens with one attached hydrogen (secondary N) is 1. The Hall–Kier alpha value is -2.29. The summed E-state index contributed by atoms with van der Waals surface area (Å²) in [6.45, 7) is 2.45. The molecule has 0 atom stereocenters. The van der Waals surface area contributed by atoms with E-state index in [0.717, 1.165) is 11.1 Å². The lowest BCUT2D eigenvalue weighted by Gasteiger charge is -2.06. The summed E-state index contributed by atoms with van der Waals surface area (Å²) < 4.78 is 0. The summed E-state index contributed by atoms with van der Waals surface area (Å²) in [4.78, 5) is 11.8. The van der Waals surface area contributed by atoms with Gasteiger partial charge in [-0.3, -0.25) is 4.79 Å². The van der Waals surface area contributed by atoms with Crippen LogP contribution in [0.3, 0.4) is 0 Å². The topological polar surface area (TPSA) is 49.3 Å². The quantitative estimate of drug-likeness (QED) is 0.882. The molecule has 0 radical (unpaired) electrons. The van der Waals surface area contributed by atoms with E-state index in [1.165, 1.54) is 5.56 Å². The molecule has 0 heterocycles. The van der Waals surface area contributed by atoms with Gasteiger partial charge in [0, 0.05) is 6.54 Å². The predicted octanol–water partition coefficient (Wildman–Crippen LogP) is 2.56. The number of phenolic OH excluding ortho intramolecular Hbond substituents is 1. The highest BCUT2D eigenvalue weighted by atomic mass is 16.3. The summed E-state index contributed by atoms with van der Waals surface area (Å²) in [5.74, 6) is 0.192. The van der Waals surface area contributed by atoms with E-state index in [1.807, 2.05) is 37.3 Å². The number of carbonyl (C=O) groups is 1. The first kappa shape index (κ1) is 13.1. The highest BCUT2D eigenvalue weighted by molar-refractivity contribution is 5.78. The molecule has 0 bridgehead atoms. The number of phenols is 1. The van der Waals surface area contributed by atoms with Crippen LogP contribution in [0, 0.1) is 6.92 Å². The monoisotopic (exact) mass is 255 g/mol. The minimum atomic E-state index is -0.0211. The van der Waals surface area contributed by atoms with Gasteiger partial charge < -0.3 is 10.4 Å². The minimum Gasteiger partial charge on any atom is -0.508 e. The predicted molar refractivity (Wildman–Crippen MR) is 74.8 cm³/mol. The van der Waals surface area contributed by atoms with E-state index in [-0.39, 0.29) is 11.7 Å². The molecule has 0 aromatic heterocycles. The summed E-state index contributed by atoms with van der Waals surface area (Å²) in [5.41, 5.74) is 3.07. The van der Waals surface area contributed by atoms with Gasteiger partial charge in [-0.25, -0.2) is 0 Å². The molecule has 2 rings (SSSR count). The number of hydrogen-bond donors (Lipinski definition) is 2. The normalized spacial score (nSPS) is 10.2. The average molecular weight is 255 g/mol. The lowest BCUT2D eigenvalue weighted by atomic mass is 10.1. The second-order valence-electron chi connectivity index (χ2n) is 4.61. The Morgan fingerprint density at radius 3 is 2.53 bits per heavy atom. The zero-order valence-corrected chi connectivity index (χ0v) is 10.9. The molecule has 0 aliphatic carbocycles. The second-order valence-corrected chi connectivity index (χ2v) is 4.61. The van der Waals surface area contributed by atoms with Crippen LogP contribution in [0.4, 0.5) is 0 Å². The van der Waals surface area contributed by atoms with Crippen LogP contribution in [0.5, 0.6) is 5.75 Å². The lowest BCUT2D eigenvalue weighted by molar-refractivity contribution is -0.120. The molecule has 0 aliphatic rings. The van der Waals surface area contributed by atoms with Crippen LogP contribution in [0.25, 0.3) is 0 Å². The van der Waals surface area contributed by atoms with Gasteiger partial charge in [0.2, 0.25) is 5.91 Å². The van der Waals surface area contributed by atoms with Gasteiger partial charge in [0.05, 0.1) is 6.42 Å². The Labute approximate surface area is 112 Å². The average Bonchev–Trinajstić information content (AvgIpc) is 2.39. The van der Waals surface area contributed by atoms with E-state index in [1.54, 1.807) is 18.2 Å². The van der Waals surface area contributed by atoms with Gasteiger partial charge in [-0.2, -0.15) is 0 Å². The van der Waals surface area contributed by atoms with E-state index in [4.69, 9.17) is 0 Å². The van der Waals surface area contributed by atoms with E-state index < -0.39 is 0 Å². The van der Waals surface area contributed by atoms with Gasteiger partial charge in [-0.05, 0) is 30.2 Å². The molecule has 0 saturated carbocycles. The molecule has 19 heavy (non-hydrogen) atoms. The van der Waals surface area contributed by atoms with Crippen LogP contribution in [0.2, 0.25) is 0 Å².